The zero-order valence-corrected chi connectivity index (χ0v) is 24.6. The van der Waals surface area contributed by atoms with Crippen LogP contribution in [-0.4, -0.2) is 64.2 Å². The van der Waals surface area contributed by atoms with Crippen LogP contribution in [0.2, 0.25) is 0 Å². The molecule has 0 saturated carbocycles. The van der Waals surface area contributed by atoms with Gasteiger partial charge in [-0.15, -0.1) is 10.8 Å². The molecular weight excluding hydrogens is 512 g/mol. The third-order valence-corrected chi connectivity index (χ3v) is 8.98. The fraction of sp³-hybridized carbons (Fsp3) is 0.567. The van der Waals surface area contributed by atoms with E-state index in [4.69, 9.17) is 0 Å². The molecule has 0 unspecified atom stereocenters. The van der Waals surface area contributed by atoms with E-state index in [1.807, 2.05) is 43.3 Å². The number of aliphatic hydroxyl groups excluding tert-OH is 1. The van der Waals surface area contributed by atoms with Crippen molar-refractivity contribution in [2.24, 2.45) is 5.92 Å². The number of carbonyl (C=O) groups excluding carboxylic acids is 1. The number of nitrogens with one attached hydrogen (secondary N) is 3. The van der Waals surface area contributed by atoms with Crippen molar-refractivity contribution < 1.29 is 19.0 Å². The summed E-state index contributed by atoms with van der Waals surface area (Å²) in [6.45, 7) is 8.83. The van der Waals surface area contributed by atoms with Crippen LogP contribution in [0.15, 0.2) is 48.5 Å². The fourth-order valence-corrected chi connectivity index (χ4v) is 6.57. The summed E-state index contributed by atoms with van der Waals surface area (Å²) in [5, 5.41) is 20.8. The first-order valence-corrected chi connectivity index (χ1v) is 16.0. The quantitative estimate of drug-likeness (QED) is 0.159. The van der Waals surface area contributed by atoms with Crippen molar-refractivity contribution in [1.82, 2.24) is 10.6 Å². The number of nitrogens with zero attached hydrogens (tertiary/aromatic N) is 1. The van der Waals surface area contributed by atoms with Crippen LogP contribution in [0.25, 0.3) is 0 Å². The SMILES string of the molecule is CCNc1cc(C(=O)N[C@@H](Cc2ccccc2)[C@H](O)CNCCCCC(C)C)cc(N2CCCCS2(O)O)c1. The second-order valence-electron chi connectivity index (χ2n) is 10.9. The molecule has 1 aliphatic heterocycles. The molecule has 2 aromatic carbocycles. The average molecular weight is 561 g/mol. The highest BCUT2D eigenvalue weighted by atomic mass is 32.3. The maximum Gasteiger partial charge on any atom is 0.251 e. The zero-order chi connectivity index (χ0) is 28.3. The van der Waals surface area contributed by atoms with E-state index in [0.717, 1.165) is 43.5 Å². The van der Waals surface area contributed by atoms with Crippen LogP contribution in [0.1, 0.15) is 68.8 Å². The first kappa shape index (κ1) is 31.2. The molecule has 1 aliphatic rings. The van der Waals surface area contributed by atoms with E-state index in [1.165, 1.54) is 6.42 Å². The van der Waals surface area contributed by atoms with Crippen molar-refractivity contribution in [3.8, 4) is 0 Å². The van der Waals surface area contributed by atoms with Gasteiger partial charge in [0, 0.05) is 30.9 Å². The molecule has 6 N–H and O–H groups in total. The summed E-state index contributed by atoms with van der Waals surface area (Å²) >= 11 is 0. The Labute approximate surface area is 236 Å². The van der Waals surface area contributed by atoms with Gasteiger partial charge in [-0.1, -0.05) is 57.0 Å². The molecule has 1 amide bonds. The first-order chi connectivity index (χ1) is 18.7. The van der Waals surface area contributed by atoms with E-state index in [1.54, 1.807) is 16.4 Å². The first-order valence-electron chi connectivity index (χ1n) is 14.4. The van der Waals surface area contributed by atoms with Gasteiger partial charge in [0.2, 0.25) is 0 Å². The standard InChI is InChI=1S/C30H48N4O4S/c1-4-32-26-19-25(20-27(21-26)34-16-10-11-17-39(34,37)38)30(36)33-28(18-24-13-6-5-7-14-24)29(35)22-31-15-9-8-12-23(2)3/h5-7,13-14,19-21,23,28-29,31-32,35,37-38H,4,8-12,15-18,22H2,1-3H3,(H,33,36)/t28-,29+/m0/s1. The third-order valence-electron chi connectivity index (χ3n) is 7.05. The number of amides is 1. The number of carbonyl (C=O) groups is 1. The van der Waals surface area contributed by atoms with Gasteiger partial charge in [-0.3, -0.25) is 18.2 Å². The molecule has 2 aromatic rings. The molecule has 0 spiro atoms. The molecule has 3 rings (SSSR count). The van der Waals surface area contributed by atoms with Crippen LogP contribution in [0, 0.1) is 5.92 Å². The van der Waals surface area contributed by atoms with Gasteiger partial charge < -0.3 is 21.1 Å². The lowest BCUT2D eigenvalue weighted by molar-refractivity contribution is 0.0830. The molecule has 0 aromatic heterocycles. The van der Waals surface area contributed by atoms with Crippen LogP contribution in [0.4, 0.5) is 11.4 Å². The smallest absolute Gasteiger partial charge is 0.251 e. The Morgan fingerprint density at radius 1 is 1.08 bits per heavy atom. The molecule has 1 fully saturated rings. The molecule has 39 heavy (non-hydrogen) atoms. The van der Waals surface area contributed by atoms with Gasteiger partial charge in [0.05, 0.1) is 23.6 Å². The van der Waals surface area contributed by atoms with Gasteiger partial charge >= 0.3 is 0 Å². The highest BCUT2D eigenvalue weighted by Gasteiger charge is 2.28. The van der Waals surface area contributed by atoms with Crippen LogP contribution in [0.3, 0.4) is 0 Å². The molecular formula is C30H48N4O4S. The van der Waals surface area contributed by atoms with E-state index in [-0.39, 0.29) is 5.91 Å². The minimum Gasteiger partial charge on any atom is -0.390 e. The fourth-order valence-electron chi connectivity index (χ4n) is 4.90. The molecule has 0 bridgehead atoms. The van der Waals surface area contributed by atoms with Gasteiger partial charge in [0.1, 0.15) is 0 Å². The normalized spacial score (nSPS) is 17.5. The van der Waals surface area contributed by atoms with Gasteiger partial charge in [0.15, 0.2) is 0 Å². The molecule has 9 heteroatoms. The number of anilines is 2. The summed E-state index contributed by atoms with van der Waals surface area (Å²) in [6, 6.07) is 14.7. The summed E-state index contributed by atoms with van der Waals surface area (Å²) in [6.07, 6.45) is 4.74. The van der Waals surface area contributed by atoms with E-state index in [9.17, 15) is 19.0 Å². The summed E-state index contributed by atoms with van der Waals surface area (Å²) in [7, 11) is -2.92. The Kier molecular flexibility index (Phi) is 12.4. The second-order valence-corrected chi connectivity index (χ2v) is 13.0. The van der Waals surface area contributed by atoms with E-state index in [0.29, 0.717) is 49.0 Å². The lowest BCUT2D eigenvalue weighted by Gasteiger charge is -2.47. The molecule has 0 aliphatic carbocycles. The maximum absolute atomic E-state index is 13.6. The second kappa shape index (κ2) is 15.5. The van der Waals surface area contributed by atoms with E-state index < -0.39 is 22.9 Å². The van der Waals surface area contributed by atoms with Crippen molar-refractivity contribution in [3.63, 3.8) is 0 Å². The minimum absolute atomic E-state index is 0.304. The number of aliphatic hydroxyl groups is 1. The molecule has 1 heterocycles. The molecule has 2 atom stereocenters. The summed E-state index contributed by atoms with van der Waals surface area (Å²) in [5.74, 6) is 0.715. The Bertz CT molecular complexity index is 1020. The lowest BCUT2D eigenvalue weighted by Crippen LogP contribution is -2.49. The van der Waals surface area contributed by atoms with Crippen molar-refractivity contribution in [2.75, 3.05) is 41.6 Å². The van der Waals surface area contributed by atoms with Gasteiger partial charge in [-0.25, -0.2) is 0 Å². The highest BCUT2D eigenvalue weighted by Crippen LogP contribution is 2.50. The highest BCUT2D eigenvalue weighted by molar-refractivity contribution is 8.25. The minimum atomic E-state index is -2.92. The summed E-state index contributed by atoms with van der Waals surface area (Å²) in [4.78, 5) is 13.6. The van der Waals surface area contributed by atoms with Crippen molar-refractivity contribution >= 4 is 28.1 Å². The van der Waals surface area contributed by atoms with Crippen LogP contribution in [0.5, 0.6) is 0 Å². The number of rotatable bonds is 15. The number of benzene rings is 2. The number of hydrogen-bond donors (Lipinski definition) is 6. The van der Waals surface area contributed by atoms with E-state index >= 15 is 0 Å². The van der Waals surface area contributed by atoms with Gasteiger partial charge in [-0.2, -0.15) is 0 Å². The number of unbranched alkanes of at least 4 members (excludes halogenated alkanes) is 1. The van der Waals surface area contributed by atoms with Crippen LogP contribution in [-0.2, 0) is 6.42 Å². The Morgan fingerprint density at radius 2 is 1.85 bits per heavy atom. The van der Waals surface area contributed by atoms with Gasteiger partial charge in [0.25, 0.3) is 5.91 Å². The Morgan fingerprint density at radius 3 is 2.54 bits per heavy atom. The topological polar surface area (TPSA) is 117 Å². The van der Waals surface area contributed by atoms with Crippen LogP contribution >= 0.6 is 10.8 Å². The number of hydrogen-bond acceptors (Lipinski definition) is 7. The van der Waals surface area contributed by atoms with Crippen LogP contribution < -0.4 is 20.3 Å². The van der Waals surface area contributed by atoms with Crippen molar-refractivity contribution in [2.45, 2.75) is 71.4 Å². The third kappa shape index (κ3) is 9.99. The van der Waals surface area contributed by atoms with Gasteiger partial charge in [-0.05, 0) is 68.8 Å². The Hall–Kier alpha value is -2.30. The molecule has 218 valence electrons. The zero-order valence-electron chi connectivity index (χ0n) is 23.7. The summed E-state index contributed by atoms with van der Waals surface area (Å²) < 4.78 is 23.0. The predicted molar refractivity (Wildman–Crippen MR) is 164 cm³/mol. The molecule has 8 nitrogen and oxygen atoms in total. The largest absolute Gasteiger partial charge is 0.390 e. The van der Waals surface area contributed by atoms with Crippen molar-refractivity contribution in [1.29, 1.82) is 0 Å². The van der Waals surface area contributed by atoms with Crippen molar-refractivity contribution in [3.05, 3.63) is 59.7 Å². The maximum atomic E-state index is 13.6. The average Bonchev–Trinajstić information content (AvgIpc) is 2.90. The Balaban J connectivity index is 1.75. The molecule has 0 radical (unpaired) electrons. The molecule has 1 saturated heterocycles. The predicted octanol–water partition coefficient (Wildman–Crippen LogP) is 5.50. The van der Waals surface area contributed by atoms with E-state index in [2.05, 4.69) is 29.8 Å². The monoisotopic (exact) mass is 560 g/mol. The lowest BCUT2D eigenvalue weighted by atomic mass is 10.00. The summed E-state index contributed by atoms with van der Waals surface area (Å²) in [5.41, 5.74) is 2.80.